The summed E-state index contributed by atoms with van der Waals surface area (Å²) >= 11 is 0. The fourth-order valence-electron chi connectivity index (χ4n) is 2.04. The summed E-state index contributed by atoms with van der Waals surface area (Å²) in [5.41, 5.74) is 6.95. The molecule has 2 aliphatic heterocycles. The molecule has 15 heavy (non-hydrogen) atoms. The summed E-state index contributed by atoms with van der Waals surface area (Å²) in [4.78, 5) is 15.3. The Labute approximate surface area is 89.9 Å². The molecule has 0 spiro atoms. The van der Waals surface area contributed by atoms with E-state index >= 15 is 0 Å². The van der Waals surface area contributed by atoms with Gasteiger partial charge < -0.3 is 16.0 Å². The topological polar surface area (TPSA) is 61.6 Å². The molecule has 1 saturated heterocycles. The minimum absolute atomic E-state index is 0.109. The molecule has 84 valence electrons. The van der Waals surface area contributed by atoms with Crippen molar-refractivity contribution in [2.75, 3.05) is 39.8 Å². The number of nitrogens with two attached hydrogens (primary N) is 1. The largest absolute Gasteiger partial charge is 0.385 e. The van der Waals surface area contributed by atoms with Crippen molar-refractivity contribution in [3.05, 3.63) is 11.4 Å². The molecule has 0 aromatic carbocycles. The maximum Gasteiger partial charge on any atom is 0.232 e. The van der Waals surface area contributed by atoms with Crippen LogP contribution >= 0.6 is 0 Å². The van der Waals surface area contributed by atoms with E-state index in [1.165, 1.54) is 0 Å². The number of hydrogen-bond acceptors (Lipinski definition) is 4. The number of carbonyl (C=O) groups excluding carboxylic acids is 1. The maximum atomic E-state index is 11.4. The van der Waals surface area contributed by atoms with Gasteiger partial charge in [0.1, 0.15) is 5.82 Å². The van der Waals surface area contributed by atoms with Gasteiger partial charge in [-0.1, -0.05) is 0 Å². The lowest BCUT2D eigenvalue weighted by molar-refractivity contribution is -0.126. The number of carbonyl (C=O) groups is 1. The highest BCUT2D eigenvalue weighted by Crippen LogP contribution is 2.19. The van der Waals surface area contributed by atoms with Crippen molar-refractivity contribution in [1.82, 2.24) is 15.1 Å². The molecule has 1 fully saturated rings. The molecule has 0 aromatic rings. The van der Waals surface area contributed by atoms with Gasteiger partial charge in [-0.15, -0.1) is 0 Å². The standard InChI is InChI=1S/C10H18N4O/c1-13-9(15)6-8(10(13)11)7-14-4-2-12-3-5-14/h12H,2-7,11H2,1H3. The zero-order valence-electron chi connectivity index (χ0n) is 9.12. The summed E-state index contributed by atoms with van der Waals surface area (Å²) < 4.78 is 0. The molecule has 0 aromatic heterocycles. The molecule has 0 aliphatic carbocycles. The van der Waals surface area contributed by atoms with Crippen molar-refractivity contribution in [2.24, 2.45) is 5.73 Å². The summed E-state index contributed by atoms with van der Waals surface area (Å²) in [5, 5.41) is 3.30. The molecule has 5 nitrogen and oxygen atoms in total. The zero-order valence-corrected chi connectivity index (χ0v) is 9.12. The first kappa shape index (κ1) is 10.4. The van der Waals surface area contributed by atoms with E-state index in [1.54, 1.807) is 11.9 Å². The van der Waals surface area contributed by atoms with Crippen LogP contribution in [-0.2, 0) is 4.79 Å². The van der Waals surface area contributed by atoms with Crippen LogP contribution in [0.2, 0.25) is 0 Å². The molecular formula is C10H18N4O. The Morgan fingerprint density at radius 3 is 2.60 bits per heavy atom. The number of amides is 1. The normalized spacial score (nSPS) is 24.1. The van der Waals surface area contributed by atoms with Gasteiger partial charge in [0.2, 0.25) is 5.91 Å². The first-order valence-electron chi connectivity index (χ1n) is 5.35. The third kappa shape index (κ3) is 2.13. The summed E-state index contributed by atoms with van der Waals surface area (Å²) in [6.07, 6.45) is 0.492. The predicted molar refractivity (Wildman–Crippen MR) is 57.9 cm³/mol. The second-order valence-corrected chi connectivity index (χ2v) is 4.14. The van der Waals surface area contributed by atoms with Gasteiger partial charge in [0.25, 0.3) is 0 Å². The van der Waals surface area contributed by atoms with Crippen LogP contribution < -0.4 is 11.1 Å². The SMILES string of the molecule is CN1C(=O)CC(CN2CCNCC2)=C1N. The summed E-state index contributed by atoms with van der Waals surface area (Å²) in [6.45, 7) is 4.96. The molecule has 2 aliphatic rings. The van der Waals surface area contributed by atoms with E-state index in [0.29, 0.717) is 12.2 Å². The van der Waals surface area contributed by atoms with Gasteiger partial charge >= 0.3 is 0 Å². The lowest BCUT2D eigenvalue weighted by atomic mass is 10.2. The molecule has 0 atom stereocenters. The van der Waals surface area contributed by atoms with Gasteiger partial charge in [0.05, 0.1) is 6.42 Å². The van der Waals surface area contributed by atoms with E-state index in [1.807, 2.05) is 0 Å². The van der Waals surface area contributed by atoms with Crippen LogP contribution in [0.4, 0.5) is 0 Å². The molecule has 3 N–H and O–H groups in total. The fourth-order valence-corrected chi connectivity index (χ4v) is 2.04. The van der Waals surface area contributed by atoms with Gasteiger partial charge in [-0.25, -0.2) is 0 Å². The van der Waals surface area contributed by atoms with Crippen LogP contribution in [-0.4, -0.2) is 55.5 Å². The Morgan fingerprint density at radius 1 is 1.40 bits per heavy atom. The van der Waals surface area contributed by atoms with Crippen molar-refractivity contribution in [2.45, 2.75) is 6.42 Å². The number of nitrogens with one attached hydrogen (secondary N) is 1. The van der Waals surface area contributed by atoms with Crippen LogP contribution in [0.1, 0.15) is 6.42 Å². The molecule has 2 heterocycles. The van der Waals surface area contributed by atoms with Crippen LogP contribution in [0.15, 0.2) is 11.4 Å². The molecule has 5 heteroatoms. The average Bonchev–Trinajstić information content (AvgIpc) is 2.48. The highest BCUT2D eigenvalue weighted by atomic mass is 16.2. The van der Waals surface area contributed by atoms with E-state index in [4.69, 9.17) is 5.73 Å². The highest BCUT2D eigenvalue weighted by Gasteiger charge is 2.26. The first-order valence-corrected chi connectivity index (χ1v) is 5.35. The Kier molecular flexibility index (Phi) is 2.93. The summed E-state index contributed by atoms with van der Waals surface area (Å²) in [6, 6.07) is 0. The first-order chi connectivity index (χ1) is 7.18. The van der Waals surface area contributed by atoms with Crippen molar-refractivity contribution in [3.8, 4) is 0 Å². The second-order valence-electron chi connectivity index (χ2n) is 4.14. The van der Waals surface area contributed by atoms with E-state index in [0.717, 1.165) is 38.3 Å². The van der Waals surface area contributed by atoms with Crippen LogP contribution in [0.3, 0.4) is 0 Å². The van der Waals surface area contributed by atoms with Gasteiger partial charge in [0, 0.05) is 39.8 Å². The van der Waals surface area contributed by atoms with Crippen LogP contribution in [0, 0.1) is 0 Å². The predicted octanol–water partition coefficient (Wildman–Crippen LogP) is -1.08. The van der Waals surface area contributed by atoms with Gasteiger partial charge in [-0.2, -0.15) is 0 Å². The van der Waals surface area contributed by atoms with E-state index in [-0.39, 0.29) is 5.91 Å². The Balaban J connectivity index is 1.96. The monoisotopic (exact) mass is 210 g/mol. The molecule has 0 saturated carbocycles. The minimum Gasteiger partial charge on any atom is -0.385 e. The highest BCUT2D eigenvalue weighted by molar-refractivity contribution is 5.83. The van der Waals surface area contributed by atoms with Crippen molar-refractivity contribution in [3.63, 3.8) is 0 Å². The van der Waals surface area contributed by atoms with Gasteiger partial charge in [0.15, 0.2) is 0 Å². The molecule has 0 bridgehead atoms. The smallest absolute Gasteiger partial charge is 0.232 e. The number of nitrogens with zero attached hydrogens (tertiary/aromatic N) is 2. The molecule has 2 rings (SSSR count). The number of rotatable bonds is 2. The molecule has 1 amide bonds. The Hall–Kier alpha value is -1.07. The maximum absolute atomic E-state index is 11.4. The van der Waals surface area contributed by atoms with Gasteiger partial charge in [-0.3, -0.25) is 9.69 Å². The lowest BCUT2D eigenvalue weighted by Crippen LogP contribution is -2.44. The second kappa shape index (κ2) is 4.20. The van der Waals surface area contributed by atoms with Crippen LogP contribution in [0.25, 0.3) is 0 Å². The fraction of sp³-hybridized carbons (Fsp3) is 0.700. The average molecular weight is 210 g/mol. The van der Waals surface area contributed by atoms with E-state index < -0.39 is 0 Å². The van der Waals surface area contributed by atoms with Crippen LogP contribution in [0.5, 0.6) is 0 Å². The zero-order chi connectivity index (χ0) is 10.8. The van der Waals surface area contributed by atoms with E-state index in [9.17, 15) is 4.79 Å². The van der Waals surface area contributed by atoms with E-state index in [2.05, 4.69) is 10.2 Å². The Morgan fingerprint density at radius 2 is 2.07 bits per heavy atom. The summed E-state index contributed by atoms with van der Waals surface area (Å²) in [5.74, 6) is 0.760. The number of piperazine rings is 1. The minimum atomic E-state index is 0.109. The van der Waals surface area contributed by atoms with Gasteiger partial charge in [-0.05, 0) is 5.57 Å². The third-order valence-electron chi connectivity index (χ3n) is 3.09. The van der Waals surface area contributed by atoms with Crippen molar-refractivity contribution in [1.29, 1.82) is 0 Å². The summed E-state index contributed by atoms with van der Waals surface area (Å²) in [7, 11) is 1.74. The number of hydrogen-bond donors (Lipinski definition) is 2. The lowest BCUT2D eigenvalue weighted by Gasteiger charge is -2.27. The quantitative estimate of drug-likeness (QED) is 0.609. The van der Waals surface area contributed by atoms with Crippen molar-refractivity contribution < 1.29 is 4.79 Å². The molecule has 0 unspecified atom stereocenters. The Bertz CT molecular complexity index is 294. The van der Waals surface area contributed by atoms with Crippen molar-refractivity contribution >= 4 is 5.91 Å². The third-order valence-corrected chi connectivity index (χ3v) is 3.09. The molecule has 0 radical (unpaired) electrons. The molecular weight excluding hydrogens is 192 g/mol.